The first-order valence-corrected chi connectivity index (χ1v) is 7.13. The molecule has 0 bridgehead atoms. The van der Waals surface area contributed by atoms with Crippen molar-refractivity contribution in [3.8, 4) is 0 Å². The van der Waals surface area contributed by atoms with Gasteiger partial charge in [-0.25, -0.2) is 0 Å². The molecule has 3 heteroatoms. The summed E-state index contributed by atoms with van der Waals surface area (Å²) in [5.41, 5.74) is 1.35. The van der Waals surface area contributed by atoms with Gasteiger partial charge >= 0.3 is 0 Å². The predicted molar refractivity (Wildman–Crippen MR) is 76.3 cm³/mol. The van der Waals surface area contributed by atoms with Crippen molar-refractivity contribution in [2.45, 2.75) is 32.7 Å². The van der Waals surface area contributed by atoms with Crippen molar-refractivity contribution < 1.29 is 4.74 Å². The zero-order valence-corrected chi connectivity index (χ0v) is 12.3. The van der Waals surface area contributed by atoms with Crippen molar-refractivity contribution in [1.29, 1.82) is 0 Å². The van der Waals surface area contributed by atoms with Crippen LogP contribution < -0.4 is 5.32 Å². The monoisotopic (exact) mass is 299 g/mol. The molecule has 1 N–H and O–H groups in total. The minimum atomic E-state index is 0.449. The number of halogens is 1. The van der Waals surface area contributed by atoms with Crippen molar-refractivity contribution >= 4 is 15.9 Å². The molecule has 0 saturated carbocycles. The van der Waals surface area contributed by atoms with Gasteiger partial charge in [0, 0.05) is 23.7 Å². The zero-order valence-electron chi connectivity index (χ0n) is 10.7. The Balaban J connectivity index is 2.35. The fourth-order valence-corrected chi connectivity index (χ4v) is 2.05. The highest BCUT2D eigenvalue weighted by Crippen LogP contribution is 2.19. The number of hydrogen-bond acceptors (Lipinski definition) is 2. The van der Waals surface area contributed by atoms with Crippen LogP contribution >= 0.6 is 15.9 Å². The predicted octanol–water partition coefficient (Wildman–Crippen LogP) is 3.92. The van der Waals surface area contributed by atoms with Gasteiger partial charge in [-0.05, 0) is 44.0 Å². The van der Waals surface area contributed by atoms with Crippen LogP contribution in [0.4, 0.5) is 0 Å². The van der Waals surface area contributed by atoms with Crippen LogP contribution in [0.2, 0.25) is 0 Å². The molecule has 96 valence electrons. The standard InChI is InChI=1S/C14H22BrNO/c1-3-14(16-10-5-11-17-4-2)12-6-8-13(15)9-7-12/h6-9,14,16H,3-5,10-11H2,1-2H3. The van der Waals surface area contributed by atoms with Gasteiger partial charge in [0.1, 0.15) is 0 Å². The molecule has 17 heavy (non-hydrogen) atoms. The Kier molecular flexibility index (Phi) is 7.49. The molecule has 0 amide bonds. The van der Waals surface area contributed by atoms with Crippen molar-refractivity contribution in [1.82, 2.24) is 5.32 Å². The molecule has 0 aromatic heterocycles. The molecule has 0 radical (unpaired) electrons. The molecule has 0 aliphatic heterocycles. The van der Waals surface area contributed by atoms with Gasteiger partial charge < -0.3 is 10.1 Å². The third kappa shape index (κ3) is 5.66. The van der Waals surface area contributed by atoms with Crippen molar-refractivity contribution in [2.75, 3.05) is 19.8 Å². The fraction of sp³-hybridized carbons (Fsp3) is 0.571. The molecule has 1 aromatic carbocycles. The maximum absolute atomic E-state index is 5.32. The quantitative estimate of drug-likeness (QED) is 0.735. The van der Waals surface area contributed by atoms with Crippen LogP contribution in [-0.4, -0.2) is 19.8 Å². The lowest BCUT2D eigenvalue weighted by Crippen LogP contribution is -2.22. The van der Waals surface area contributed by atoms with E-state index in [0.717, 1.165) is 37.1 Å². The molecule has 1 aromatic rings. The SMILES string of the molecule is CCOCCCNC(CC)c1ccc(Br)cc1. The number of ether oxygens (including phenoxy) is 1. The van der Waals surface area contributed by atoms with Gasteiger partial charge in [-0.15, -0.1) is 0 Å². The van der Waals surface area contributed by atoms with Gasteiger partial charge in [-0.3, -0.25) is 0 Å². The lowest BCUT2D eigenvalue weighted by molar-refractivity contribution is 0.144. The first-order valence-electron chi connectivity index (χ1n) is 6.34. The summed E-state index contributed by atoms with van der Waals surface area (Å²) in [6, 6.07) is 8.99. The maximum Gasteiger partial charge on any atom is 0.0477 e. The van der Waals surface area contributed by atoms with Crippen molar-refractivity contribution in [3.63, 3.8) is 0 Å². The summed E-state index contributed by atoms with van der Waals surface area (Å²) in [6.07, 6.45) is 2.18. The van der Waals surface area contributed by atoms with E-state index >= 15 is 0 Å². The van der Waals surface area contributed by atoms with Crippen LogP contribution in [0.3, 0.4) is 0 Å². The van der Waals surface area contributed by atoms with E-state index in [1.807, 2.05) is 6.92 Å². The van der Waals surface area contributed by atoms with Crippen LogP contribution in [-0.2, 0) is 4.74 Å². The average molecular weight is 300 g/mol. The Morgan fingerprint density at radius 3 is 2.53 bits per heavy atom. The molecule has 2 nitrogen and oxygen atoms in total. The molecule has 1 unspecified atom stereocenters. The second kappa shape index (κ2) is 8.67. The minimum Gasteiger partial charge on any atom is -0.382 e. The largest absolute Gasteiger partial charge is 0.382 e. The van der Waals surface area contributed by atoms with Gasteiger partial charge in [0.15, 0.2) is 0 Å². The molecule has 1 rings (SSSR count). The highest BCUT2D eigenvalue weighted by Gasteiger charge is 2.07. The summed E-state index contributed by atoms with van der Waals surface area (Å²) in [4.78, 5) is 0. The van der Waals surface area contributed by atoms with E-state index in [-0.39, 0.29) is 0 Å². The van der Waals surface area contributed by atoms with Gasteiger partial charge in [-0.2, -0.15) is 0 Å². The van der Waals surface area contributed by atoms with E-state index in [4.69, 9.17) is 4.74 Å². The third-order valence-corrected chi connectivity index (χ3v) is 3.27. The summed E-state index contributed by atoms with van der Waals surface area (Å²) in [6.45, 7) is 6.91. The minimum absolute atomic E-state index is 0.449. The summed E-state index contributed by atoms with van der Waals surface area (Å²) in [5, 5.41) is 3.57. The van der Waals surface area contributed by atoms with Crippen LogP contribution in [0.1, 0.15) is 38.3 Å². The Morgan fingerprint density at radius 2 is 1.94 bits per heavy atom. The molecule has 0 saturated heterocycles. The second-order valence-electron chi connectivity index (χ2n) is 4.02. The molecule has 1 atom stereocenters. The number of benzene rings is 1. The van der Waals surface area contributed by atoms with E-state index in [1.165, 1.54) is 5.56 Å². The molecule has 0 fully saturated rings. The Labute approximate surface area is 113 Å². The van der Waals surface area contributed by atoms with Gasteiger partial charge in [-0.1, -0.05) is 35.0 Å². The fourth-order valence-electron chi connectivity index (χ4n) is 1.79. The van der Waals surface area contributed by atoms with Gasteiger partial charge in [0.25, 0.3) is 0 Å². The van der Waals surface area contributed by atoms with Gasteiger partial charge in [0.2, 0.25) is 0 Å². The summed E-state index contributed by atoms with van der Waals surface area (Å²) < 4.78 is 6.46. The first kappa shape index (κ1) is 14.7. The maximum atomic E-state index is 5.32. The number of rotatable bonds is 8. The Hall–Kier alpha value is -0.380. The average Bonchev–Trinajstić information content (AvgIpc) is 2.35. The van der Waals surface area contributed by atoms with E-state index in [2.05, 4.69) is 52.4 Å². The lowest BCUT2D eigenvalue weighted by atomic mass is 10.0. The van der Waals surface area contributed by atoms with Gasteiger partial charge in [0.05, 0.1) is 0 Å². The van der Waals surface area contributed by atoms with Crippen molar-refractivity contribution in [3.05, 3.63) is 34.3 Å². The highest BCUT2D eigenvalue weighted by atomic mass is 79.9. The van der Waals surface area contributed by atoms with E-state index < -0.39 is 0 Å². The van der Waals surface area contributed by atoms with E-state index in [9.17, 15) is 0 Å². The third-order valence-electron chi connectivity index (χ3n) is 2.74. The normalized spacial score (nSPS) is 12.6. The molecular formula is C14H22BrNO. The van der Waals surface area contributed by atoms with Crippen molar-refractivity contribution in [2.24, 2.45) is 0 Å². The first-order chi connectivity index (χ1) is 8.27. The number of nitrogens with one attached hydrogen (secondary N) is 1. The molecule has 0 spiro atoms. The van der Waals surface area contributed by atoms with Crippen LogP contribution in [0, 0.1) is 0 Å². The van der Waals surface area contributed by atoms with Crippen LogP contribution in [0.5, 0.6) is 0 Å². The van der Waals surface area contributed by atoms with E-state index in [1.54, 1.807) is 0 Å². The lowest BCUT2D eigenvalue weighted by Gasteiger charge is -2.17. The topological polar surface area (TPSA) is 21.3 Å². The van der Waals surface area contributed by atoms with E-state index in [0.29, 0.717) is 6.04 Å². The Morgan fingerprint density at radius 1 is 1.24 bits per heavy atom. The molecular weight excluding hydrogens is 278 g/mol. The summed E-state index contributed by atoms with van der Waals surface area (Å²) in [5.74, 6) is 0. The van der Waals surface area contributed by atoms with Crippen LogP contribution in [0.15, 0.2) is 28.7 Å². The summed E-state index contributed by atoms with van der Waals surface area (Å²) >= 11 is 3.46. The summed E-state index contributed by atoms with van der Waals surface area (Å²) in [7, 11) is 0. The number of hydrogen-bond donors (Lipinski definition) is 1. The molecule has 0 aliphatic carbocycles. The van der Waals surface area contributed by atoms with Crippen LogP contribution in [0.25, 0.3) is 0 Å². The second-order valence-corrected chi connectivity index (χ2v) is 4.93. The smallest absolute Gasteiger partial charge is 0.0477 e. The zero-order chi connectivity index (χ0) is 12.5. The highest BCUT2D eigenvalue weighted by molar-refractivity contribution is 9.10. The Bertz CT molecular complexity index is 300. The molecule has 0 heterocycles. The molecule has 0 aliphatic rings.